The third-order valence-corrected chi connectivity index (χ3v) is 5.92. The third kappa shape index (κ3) is 4.85. The molecule has 1 aliphatic heterocycles. The van der Waals surface area contributed by atoms with Crippen molar-refractivity contribution in [2.75, 3.05) is 23.8 Å². The van der Waals surface area contributed by atoms with Crippen molar-refractivity contribution in [3.8, 4) is 11.5 Å². The lowest BCUT2D eigenvalue weighted by Crippen LogP contribution is -2.20. The second-order valence-corrected chi connectivity index (χ2v) is 8.47. The minimum atomic E-state index is -0.338. The molecule has 5 rings (SSSR count). The lowest BCUT2D eigenvalue weighted by atomic mass is 10.2. The van der Waals surface area contributed by atoms with Crippen LogP contribution < -0.4 is 20.1 Å². The minimum absolute atomic E-state index is 0.338. The standard InChI is InChI=1S/C23H22N6O3S/c1-2-3-16-13-21(29-22(26-16)24-14-25-29)33-18-7-4-15(5-8-18)27-23(30)28-17-6-9-19-20(12-17)32-11-10-31-19/h4-9,12-14H,2-3,10-11H2,1H3,(H2,27,28,30). The number of hydrogen-bond acceptors (Lipinski definition) is 7. The molecule has 2 aromatic carbocycles. The molecule has 0 aliphatic carbocycles. The Bertz CT molecular complexity index is 1290. The van der Waals surface area contributed by atoms with E-state index in [1.54, 1.807) is 34.5 Å². The number of amides is 2. The van der Waals surface area contributed by atoms with E-state index in [9.17, 15) is 4.79 Å². The number of aryl methyl sites for hydroxylation is 1. The summed E-state index contributed by atoms with van der Waals surface area (Å²) in [5, 5.41) is 10.9. The number of urea groups is 1. The number of carbonyl (C=O) groups is 1. The molecule has 0 spiro atoms. The summed E-state index contributed by atoms with van der Waals surface area (Å²) in [6.07, 6.45) is 3.41. The van der Waals surface area contributed by atoms with Gasteiger partial charge in [-0.25, -0.2) is 9.78 Å². The molecular formula is C23H22N6O3S. The Hall–Kier alpha value is -3.79. The van der Waals surface area contributed by atoms with Gasteiger partial charge in [-0.2, -0.15) is 14.6 Å². The molecule has 9 nitrogen and oxygen atoms in total. The summed E-state index contributed by atoms with van der Waals surface area (Å²) in [5.74, 6) is 1.90. The van der Waals surface area contributed by atoms with Gasteiger partial charge in [0, 0.05) is 28.0 Å². The van der Waals surface area contributed by atoms with E-state index in [-0.39, 0.29) is 6.03 Å². The number of fused-ring (bicyclic) bond motifs is 2. The smallest absolute Gasteiger partial charge is 0.323 e. The maximum atomic E-state index is 12.4. The molecule has 4 aromatic rings. The number of anilines is 2. The van der Waals surface area contributed by atoms with E-state index >= 15 is 0 Å². The Labute approximate surface area is 194 Å². The van der Waals surface area contributed by atoms with Crippen molar-refractivity contribution in [1.29, 1.82) is 0 Å². The molecule has 2 aromatic heterocycles. The highest BCUT2D eigenvalue weighted by Crippen LogP contribution is 2.33. The molecule has 33 heavy (non-hydrogen) atoms. The van der Waals surface area contributed by atoms with Gasteiger partial charge in [-0.05, 0) is 48.9 Å². The number of carbonyl (C=O) groups excluding carboxylic acids is 1. The molecule has 0 fully saturated rings. The van der Waals surface area contributed by atoms with E-state index in [0.29, 0.717) is 41.9 Å². The maximum Gasteiger partial charge on any atom is 0.323 e. The lowest BCUT2D eigenvalue weighted by molar-refractivity contribution is 0.171. The first-order chi connectivity index (χ1) is 16.2. The van der Waals surface area contributed by atoms with E-state index in [1.807, 2.05) is 30.3 Å². The fraction of sp³-hybridized carbons (Fsp3) is 0.217. The quantitative estimate of drug-likeness (QED) is 0.402. The zero-order valence-electron chi connectivity index (χ0n) is 17.9. The van der Waals surface area contributed by atoms with Crippen LogP contribution in [0.2, 0.25) is 0 Å². The number of benzene rings is 2. The van der Waals surface area contributed by atoms with E-state index in [4.69, 9.17) is 9.47 Å². The van der Waals surface area contributed by atoms with Crippen molar-refractivity contribution >= 4 is 34.9 Å². The fourth-order valence-corrected chi connectivity index (χ4v) is 4.35. The third-order valence-electron chi connectivity index (χ3n) is 4.91. The molecule has 2 amide bonds. The SMILES string of the molecule is CCCc1cc(Sc2ccc(NC(=O)Nc3ccc4c(c3)OCCO4)cc2)n2ncnc2n1. The van der Waals surface area contributed by atoms with Crippen LogP contribution in [0.1, 0.15) is 19.0 Å². The molecule has 10 heteroatoms. The van der Waals surface area contributed by atoms with Crippen LogP contribution in [0.4, 0.5) is 16.2 Å². The average Bonchev–Trinajstić information content (AvgIpc) is 3.29. The first-order valence-corrected chi connectivity index (χ1v) is 11.4. The van der Waals surface area contributed by atoms with Crippen molar-refractivity contribution in [3.05, 3.63) is 60.6 Å². The Morgan fingerprint density at radius 2 is 1.79 bits per heavy atom. The molecule has 0 radical (unpaired) electrons. The van der Waals surface area contributed by atoms with Gasteiger partial charge in [-0.15, -0.1) is 0 Å². The van der Waals surface area contributed by atoms with Gasteiger partial charge in [0.05, 0.1) is 0 Å². The zero-order valence-corrected chi connectivity index (χ0v) is 18.8. The van der Waals surface area contributed by atoms with Crippen LogP contribution in [0, 0.1) is 0 Å². The van der Waals surface area contributed by atoms with Gasteiger partial charge < -0.3 is 20.1 Å². The normalized spacial score (nSPS) is 12.5. The summed E-state index contributed by atoms with van der Waals surface area (Å²) >= 11 is 1.57. The lowest BCUT2D eigenvalue weighted by Gasteiger charge is -2.19. The predicted molar refractivity (Wildman–Crippen MR) is 125 cm³/mol. The average molecular weight is 463 g/mol. The molecule has 1 aliphatic rings. The van der Waals surface area contributed by atoms with Gasteiger partial charge in [0.1, 0.15) is 24.6 Å². The van der Waals surface area contributed by atoms with Gasteiger partial charge in [-0.3, -0.25) is 0 Å². The number of ether oxygens (including phenoxy) is 2. The van der Waals surface area contributed by atoms with Crippen LogP contribution in [0.5, 0.6) is 11.5 Å². The molecule has 3 heterocycles. The van der Waals surface area contributed by atoms with Crippen molar-refractivity contribution in [2.45, 2.75) is 29.7 Å². The van der Waals surface area contributed by atoms with Crippen molar-refractivity contribution in [1.82, 2.24) is 19.6 Å². The summed E-state index contributed by atoms with van der Waals surface area (Å²) in [6.45, 7) is 3.15. The van der Waals surface area contributed by atoms with Crippen LogP contribution in [0.25, 0.3) is 5.78 Å². The van der Waals surface area contributed by atoms with E-state index in [2.05, 4.69) is 32.6 Å². The number of nitrogens with one attached hydrogen (secondary N) is 2. The predicted octanol–water partition coefficient (Wildman–Crippen LogP) is 4.64. The van der Waals surface area contributed by atoms with Crippen molar-refractivity contribution < 1.29 is 14.3 Å². The number of rotatable bonds is 6. The molecular weight excluding hydrogens is 440 g/mol. The highest BCUT2D eigenvalue weighted by atomic mass is 32.2. The van der Waals surface area contributed by atoms with Crippen molar-refractivity contribution in [3.63, 3.8) is 0 Å². The Morgan fingerprint density at radius 3 is 2.61 bits per heavy atom. The maximum absolute atomic E-state index is 12.4. The summed E-state index contributed by atoms with van der Waals surface area (Å²) < 4.78 is 12.8. The van der Waals surface area contributed by atoms with Crippen LogP contribution in [-0.4, -0.2) is 38.8 Å². The Balaban J connectivity index is 1.24. The minimum Gasteiger partial charge on any atom is -0.486 e. The first-order valence-electron chi connectivity index (χ1n) is 10.6. The largest absolute Gasteiger partial charge is 0.486 e. The highest BCUT2D eigenvalue weighted by Gasteiger charge is 2.13. The van der Waals surface area contributed by atoms with E-state index in [0.717, 1.165) is 28.5 Å². The Morgan fingerprint density at radius 1 is 1.03 bits per heavy atom. The molecule has 0 unspecified atom stereocenters. The van der Waals surface area contributed by atoms with Crippen molar-refractivity contribution in [2.24, 2.45) is 0 Å². The molecule has 0 bridgehead atoms. The molecule has 0 saturated heterocycles. The number of hydrogen-bond donors (Lipinski definition) is 2. The van der Waals surface area contributed by atoms with E-state index < -0.39 is 0 Å². The summed E-state index contributed by atoms with van der Waals surface area (Å²) in [4.78, 5) is 22.2. The van der Waals surface area contributed by atoms with Crippen LogP contribution >= 0.6 is 11.8 Å². The van der Waals surface area contributed by atoms with Gasteiger partial charge >= 0.3 is 6.03 Å². The monoisotopic (exact) mass is 462 g/mol. The van der Waals surface area contributed by atoms with Gasteiger partial charge in [0.25, 0.3) is 5.78 Å². The highest BCUT2D eigenvalue weighted by molar-refractivity contribution is 7.99. The fourth-order valence-electron chi connectivity index (χ4n) is 3.43. The van der Waals surface area contributed by atoms with Gasteiger partial charge in [0.2, 0.25) is 0 Å². The number of nitrogens with zero attached hydrogens (tertiary/aromatic N) is 4. The second kappa shape index (κ2) is 9.37. The molecule has 2 N–H and O–H groups in total. The first kappa shape index (κ1) is 21.1. The summed E-state index contributed by atoms with van der Waals surface area (Å²) in [5.41, 5.74) is 2.30. The summed E-state index contributed by atoms with van der Waals surface area (Å²) in [6, 6.07) is 14.6. The number of aromatic nitrogens is 4. The van der Waals surface area contributed by atoms with Crippen LogP contribution in [0.15, 0.2) is 64.8 Å². The van der Waals surface area contributed by atoms with E-state index in [1.165, 1.54) is 6.33 Å². The molecule has 168 valence electrons. The topological polar surface area (TPSA) is 103 Å². The van der Waals surface area contributed by atoms with Crippen LogP contribution in [0.3, 0.4) is 0 Å². The van der Waals surface area contributed by atoms with Gasteiger partial charge in [-0.1, -0.05) is 25.1 Å². The Kier molecular flexibility index (Phi) is 5.99. The molecule has 0 atom stereocenters. The van der Waals surface area contributed by atoms with Crippen LogP contribution in [-0.2, 0) is 6.42 Å². The second-order valence-electron chi connectivity index (χ2n) is 7.37. The van der Waals surface area contributed by atoms with Gasteiger partial charge in [0.15, 0.2) is 11.5 Å². The zero-order chi connectivity index (χ0) is 22.6. The summed E-state index contributed by atoms with van der Waals surface area (Å²) in [7, 11) is 0. The molecule has 0 saturated carbocycles.